The number of nitrogen functional groups attached to an aromatic ring is 1. The fourth-order valence-corrected chi connectivity index (χ4v) is 1.88. The number of carbonyl (C=O) groups excluding carboxylic acids is 1. The monoisotopic (exact) mass is 279 g/mol. The lowest BCUT2D eigenvalue weighted by atomic mass is 10.2. The van der Waals surface area contributed by atoms with Crippen molar-refractivity contribution in [1.82, 2.24) is 20.1 Å². The molecule has 0 fully saturated rings. The maximum absolute atomic E-state index is 12.2. The Hall–Kier alpha value is -2.08. The van der Waals surface area contributed by atoms with Crippen LogP contribution in [0.5, 0.6) is 0 Å². The van der Waals surface area contributed by atoms with E-state index in [0.29, 0.717) is 18.1 Å². The number of rotatable bonds is 4. The first kappa shape index (κ1) is 13.4. The standard InChI is InChI=1S/C12H14ClN5O/c1-2-18(7-8-5-3-4-6-9(8)13)11(19)10-15-12(14)17-16-10/h3-6H,2,7H2,1H3,(H3,14,15,16,17). The quantitative estimate of drug-likeness (QED) is 0.892. The van der Waals surface area contributed by atoms with Gasteiger partial charge >= 0.3 is 0 Å². The van der Waals surface area contributed by atoms with Crippen LogP contribution >= 0.6 is 11.6 Å². The zero-order chi connectivity index (χ0) is 13.8. The number of hydrogen-bond donors (Lipinski definition) is 2. The molecule has 2 rings (SSSR count). The molecule has 0 radical (unpaired) electrons. The number of H-pyrrole nitrogens is 1. The van der Waals surface area contributed by atoms with Crippen LogP contribution in [-0.4, -0.2) is 32.5 Å². The molecule has 7 heteroatoms. The zero-order valence-corrected chi connectivity index (χ0v) is 11.2. The maximum atomic E-state index is 12.2. The molecule has 2 aromatic rings. The van der Waals surface area contributed by atoms with Crippen LogP contribution < -0.4 is 5.73 Å². The van der Waals surface area contributed by atoms with E-state index in [1.54, 1.807) is 11.0 Å². The van der Waals surface area contributed by atoms with E-state index in [-0.39, 0.29) is 17.7 Å². The Morgan fingerprint density at radius 1 is 1.47 bits per heavy atom. The maximum Gasteiger partial charge on any atom is 0.291 e. The second-order valence-corrected chi connectivity index (χ2v) is 4.36. The minimum Gasteiger partial charge on any atom is -0.366 e. The second kappa shape index (κ2) is 5.71. The molecular formula is C12H14ClN5O. The van der Waals surface area contributed by atoms with E-state index in [1.807, 2.05) is 25.1 Å². The number of carbonyl (C=O) groups is 1. The molecule has 0 atom stereocenters. The van der Waals surface area contributed by atoms with Crippen LogP contribution in [0.2, 0.25) is 5.02 Å². The molecule has 0 bridgehead atoms. The molecular weight excluding hydrogens is 266 g/mol. The molecule has 1 aromatic carbocycles. The molecule has 0 aliphatic rings. The molecule has 0 unspecified atom stereocenters. The average molecular weight is 280 g/mol. The minimum atomic E-state index is -0.258. The number of benzene rings is 1. The number of nitrogens with two attached hydrogens (primary N) is 1. The SMILES string of the molecule is CCN(Cc1ccccc1Cl)C(=O)c1nc(N)n[nH]1. The van der Waals surface area contributed by atoms with Gasteiger partial charge in [-0.25, -0.2) is 0 Å². The van der Waals surface area contributed by atoms with Crippen LogP contribution in [0.1, 0.15) is 23.1 Å². The van der Waals surface area contributed by atoms with E-state index in [0.717, 1.165) is 5.56 Å². The molecule has 3 N–H and O–H groups in total. The third-order valence-corrected chi connectivity index (χ3v) is 3.06. The first-order valence-corrected chi connectivity index (χ1v) is 6.20. The van der Waals surface area contributed by atoms with Crippen molar-refractivity contribution in [2.45, 2.75) is 13.5 Å². The molecule has 0 saturated heterocycles. The van der Waals surface area contributed by atoms with Crippen molar-refractivity contribution in [3.63, 3.8) is 0 Å². The van der Waals surface area contributed by atoms with Crippen LogP contribution in [0.15, 0.2) is 24.3 Å². The first-order valence-electron chi connectivity index (χ1n) is 5.82. The van der Waals surface area contributed by atoms with Gasteiger partial charge in [0.15, 0.2) is 0 Å². The molecule has 0 aliphatic heterocycles. The van der Waals surface area contributed by atoms with E-state index >= 15 is 0 Å². The molecule has 100 valence electrons. The Labute approximate surface area is 115 Å². The average Bonchev–Trinajstić information content (AvgIpc) is 2.84. The third-order valence-electron chi connectivity index (χ3n) is 2.69. The number of hydrogen-bond acceptors (Lipinski definition) is 4. The lowest BCUT2D eigenvalue weighted by molar-refractivity contribution is 0.0741. The van der Waals surface area contributed by atoms with Crippen molar-refractivity contribution in [2.75, 3.05) is 12.3 Å². The van der Waals surface area contributed by atoms with Crippen molar-refractivity contribution in [2.24, 2.45) is 0 Å². The largest absolute Gasteiger partial charge is 0.366 e. The minimum absolute atomic E-state index is 0.0529. The predicted molar refractivity (Wildman–Crippen MR) is 72.7 cm³/mol. The second-order valence-electron chi connectivity index (χ2n) is 3.95. The van der Waals surface area contributed by atoms with E-state index < -0.39 is 0 Å². The smallest absolute Gasteiger partial charge is 0.291 e. The van der Waals surface area contributed by atoms with Crippen LogP contribution in [-0.2, 0) is 6.54 Å². The summed E-state index contributed by atoms with van der Waals surface area (Å²) in [6.07, 6.45) is 0. The van der Waals surface area contributed by atoms with Crippen LogP contribution in [0.3, 0.4) is 0 Å². The van der Waals surface area contributed by atoms with Crippen molar-refractivity contribution in [1.29, 1.82) is 0 Å². The molecule has 6 nitrogen and oxygen atoms in total. The Balaban J connectivity index is 2.17. The summed E-state index contributed by atoms with van der Waals surface area (Å²) in [4.78, 5) is 17.6. The molecule has 0 spiro atoms. The van der Waals surface area contributed by atoms with Gasteiger partial charge in [-0.1, -0.05) is 29.8 Å². The first-order chi connectivity index (χ1) is 9.11. The van der Waals surface area contributed by atoms with Crippen molar-refractivity contribution in [3.8, 4) is 0 Å². The van der Waals surface area contributed by atoms with Crippen LogP contribution in [0, 0.1) is 0 Å². The Morgan fingerprint density at radius 3 is 2.79 bits per heavy atom. The topological polar surface area (TPSA) is 87.9 Å². The predicted octanol–water partition coefficient (Wildman–Crippen LogP) is 1.70. The lowest BCUT2D eigenvalue weighted by Crippen LogP contribution is -2.31. The van der Waals surface area contributed by atoms with Gasteiger partial charge in [0.05, 0.1) is 0 Å². The highest BCUT2D eigenvalue weighted by atomic mass is 35.5. The highest BCUT2D eigenvalue weighted by molar-refractivity contribution is 6.31. The number of nitrogens with zero attached hydrogens (tertiary/aromatic N) is 3. The van der Waals surface area contributed by atoms with Crippen molar-refractivity contribution in [3.05, 3.63) is 40.7 Å². The van der Waals surface area contributed by atoms with Gasteiger partial charge in [0.25, 0.3) is 5.91 Å². The van der Waals surface area contributed by atoms with Gasteiger partial charge in [-0.05, 0) is 18.6 Å². The lowest BCUT2D eigenvalue weighted by Gasteiger charge is -2.20. The summed E-state index contributed by atoms with van der Waals surface area (Å²) in [6.45, 7) is 2.83. The van der Waals surface area contributed by atoms with Crippen molar-refractivity contribution >= 4 is 23.5 Å². The molecule has 1 amide bonds. The number of halogens is 1. The molecule has 1 aromatic heterocycles. The fourth-order valence-electron chi connectivity index (χ4n) is 1.68. The van der Waals surface area contributed by atoms with E-state index in [9.17, 15) is 4.79 Å². The molecule has 19 heavy (non-hydrogen) atoms. The van der Waals surface area contributed by atoms with Gasteiger partial charge in [0.1, 0.15) is 0 Å². The highest BCUT2D eigenvalue weighted by Crippen LogP contribution is 2.17. The summed E-state index contributed by atoms with van der Waals surface area (Å²) >= 11 is 6.09. The summed E-state index contributed by atoms with van der Waals surface area (Å²) in [5.41, 5.74) is 6.27. The van der Waals surface area contributed by atoms with Gasteiger partial charge < -0.3 is 10.6 Å². The van der Waals surface area contributed by atoms with Crippen LogP contribution in [0.4, 0.5) is 5.95 Å². The Bertz CT molecular complexity index is 583. The van der Waals surface area contributed by atoms with Gasteiger partial charge in [-0.3, -0.25) is 9.89 Å². The van der Waals surface area contributed by atoms with Gasteiger partial charge in [-0.2, -0.15) is 4.98 Å². The van der Waals surface area contributed by atoms with E-state index in [4.69, 9.17) is 17.3 Å². The summed E-state index contributed by atoms with van der Waals surface area (Å²) in [6, 6.07) is 7.40. The van der Waals surface area contributed by atoms with Crippen molar-refractivity contribution < 1.29 is 4.79 Å². The number of amides is 1. The summed E-state index contributed by atoms with van der Waals surface area (Å²) in [7, 11) is 0. The normalized spacial score (nSPS) is 10.4. The number of anilines is 1. The third kappa shape index (κ3) is 3.03. The number of aromatic nitrogens is 3. The Kier molecular flexibility index (Phi) is 4.01. The summed E-state index contributed by atoms with van der Waals surface area (Å²) in [5.74, 6) is -0.0739. The zero-order valence-electron chi connectivity index (χ0n) is 10.4. The summed E-state index contributed by atoms with van der Waals surface area (Å²) < 4.78 is 0. The summed E-state index contributed by atoms with van der Waals surface area (Å²) in [5, 5.41) is 6.79. The number of aromatic amines is 1. The Morgan fingerprint density at radius 2 is 2.21 bits per heavy atom. The molecule has 1 heterocycles. The highest BCUT2D eigenvalue weighted by Gasteiger charge is 2.18. The number of nitrogens with one attached hydrogen (secondary N) is 1. The van der Waals surface area contributed by atoms with Gasteiger partial charge in [0.2, 0.25) is 11.8 Å². The molecule has 0 saturated carbocycles. The van der Waals surface area contributed by atoms with Crippen LogP contribution in [0.25, 0.3) is 0 Å². The fraction of sp³-hybridized carbons (Fsp3) is 0.250. The van der Waals surface area contributed by atoms with Gasteiger partial charge in [-0.15, -0.1) is 5.10 Å². The van der Waals surface area contributed by atoms with E-state index in [2.05, 4.69) is 15.2 Å². The molecule has 0 aliphatic carbocycles. The van der Waals surface area contributed by atoms with Gasteiger partial charge in [0, 0.05) is 18.1 Å². The van der Waals surface area contributed by atoms with E-state index in [1.165, 1.54) is 0 Å².